The number of H-pyrrole nitrogens is 1. The van der Waals surface area contributed by atoms with Gasteiger partial charge in [0.05, 0.1) is 6.42 Å². The molecule has 1 aromatic heterocycles. The summed E-state index contributed by atoms with van der Waals surface area (Å²) in [5.74, 6) is -0.641. The maximum Gasteiger partial charge on any atom is 0.308 e. The van der Waals surface area contributed by atoms with Crippen molar-refractivity contribution in [1.82, 2.24) is 9.97 Å². The lowest BCUT2D eigenvalue weighted by Gasteiger charge is -2.02. The van der Waals surface area contributed by atoms with Gasteiger partial charge in [-0.3, -0.25) is 9.59 Å². The summed E-state index contributed by atoms with van der Waals surface area (Å²) < 4.78 is 0. The summed E-state index contributed by atoms with van der Waals surface area (Å²) in [7, 11) is 0. The number of phenolic OH excluding ortho intramolecular Hbond substituents is 1. The molecule has 92 valence electrons. The van der Waals surface area contributed by atoms with Gasteiger partial charge in [0.15, 0.2) is 0 Å². The number of nitrogens with one attached hydrogen (secondary N) is 1. The number of nitrogens with zero attached hydrogens (tertiary/aromatic N) is 1. The van der Waals surface area contributed by atoms with Crippen molar-refractivity contribution in [1.29, 1.82) is 0 Å². The molecule has 1 heterocycles. The van der Waals surface area contributed by atoms with E-state index in [1.54, 1.807) is 12.1 Å². The van der Waals surface area contributed by atoms with E-state index in [2.05, 4.69) is 9.97 Å². The van der Waals surface area contributed by atoms with Crippen LogP contribution in [0.15, 0.2) is 35.3 Å². The zero-order chi connectivity index (χ0) is 13.1. The number of hydrogen-bond donors (Lipinski definition) is 3. The summed E-state index contributed by atoms with van der Waals surface area (Å²) >= 11 is 0. The number of hydrogen-bond acceptors (Lipinski definition) is 4. The van der Waals surface area contributed by atoms with Crippen molar-refractivity contribution in [3.05, 3.63) is 46.4 Å². The van der Waals surface area contributed by atoms with E-state index < -0.39 is 11.5 Å². The first-order valence-electron chi connectivity index (χ1n) is 5.15. The normalized spacial score (nSPS) is 10.2. The Morgan fingerprint density at radius 1 is 1.28 bits per heavy atom. The van der Waals surface area contributed by atoms with Crippen molar-refractivity contribution in [3.8, 4) is 17.1 Å². The van der Waals surface area contributed by atoms with Crippen molar-refractivity contribution < 1.29 is 15.0 Å². The van der Waals surface area contributed by atoms with Gasteiger partial charge in [0.2, 0.25) is 0 Å². The number of aromatic hydroxyl groups is 1. The maximum absolute atomic E-state index is 11.6. The molecule has 0 saturated carbocycles. The third-order valence-corrected chi connectivity index (χ3v) is 2.36. The lowest BCUT2D eigenvalue weighted by atomic mass is 10.2. The molecule has 0 spiro atoms. The molecule has 0 fully saturated rings. The van der Waals surface area contributed by atoms with E-state index >= 15 is 0 Å². The molecule has 0 saturated heterocycles. The molecule has 1 aromatic carbocycles. The highest BCUT2D eigenvalue weighted by Gasteiger charge is 2.08. The third kappa shape index (κ3) is 2.54. The molecule has 6 heteroatoms. The van der Waals surface area contributed by atoms with Crippen LogP contribution >= 0.6 is 0 Å². The van der Waals surface area contributed by atoms with E-state index in [0.717, 1.165) is 0 Å². The highest BCUT2D eigenvalue weighted by molar-refractivity contribution is 5.70. The number of aromatic amines is 1. The van der Waals surface area contributed by atoms with Gasteiger partial charge >= 0.3 is 5.97 Å². The summed E-state index contributed by atoms with van der Waals surface area (Å²) in [6, 6.07) is 6.15. The Bertz CT molecular complexity index is 631. The summed E-state index contributed by atoms with van der Waals surface area (Å²) in [5, 5.41) is 17.7. The number of carboxylic acid groups (broad SMARTS) is 1. The predicted molar refractivity (Wildman–Crippen MR) is 63.3 cm³/mol. The molecule has 0 bridgehead atoms. The maximum atomic E-state index is 11.6. The number of benzene rings is 1. The highest BCUT2D eigenvalue weighted by Crippen LogP contribution is 2.17. The number of phenols is 1. The number of rotatable bonds is 3. The highest BCUT2D eigenvalue weighted by atomic mass is 16.4. The minimum atomic E-state index is -1.08. The van der Waals surface area contributed by atoms with E-state index in [-0.39, 0.29) is 17.7 Å². The van der Waals surface area contributed by atoms with Gasteiger partial charge in [0.25, 0.3) is 5.56 Å². The SMILES string of the molecule is O=C(O)Cc1cnc(-c2ccc(O)cc2)[nH]c1=O. The van der Waals surface area contributed by atoms with Crippen LogP contribution in [0.3, 0.4) is 0 Å². The van der Waals surface area contributed by atoms with Crippen LogP contribution in [0.4, 0.5) is 0 Å². The average Bonchev–Trinajstić information content (AvgIpc) is 2.32. The zero-order valence-corrected chi connectivity index (χ0v) is 9.25. The molecule has 0 amide bonds. The molecule has 2 aromatic rings. The zero-order valence-electron chi connectivity index (χ0n) is 9.25. The fraction of sp³-hybridized carbons (Fsp3) is 0.0833. The van der Waals surface area contributed by atoms with Gasteiger partial charge in [-0.25, -0.2) is 4.98 Å². The number of carbonyl (C=O) groups is 1. The van der Waals surface area contributed by atoms with Gasteiger partial charge in [-0.1, -0.05) is 0 Å². The lowest BCUT2D eigenvalue weighted by Crippen LogP contribution is -2.17. The Balaban J connectivity index is 2.37. The fourth-order valence-corrected chi connectivity index (χ4v) is 1.48. The molecule has 0 aliphatic carbocycles. The third-order valence-electron chi connectivity index (χ3n) is 2.36. The molecular weight excluding hydrogens is 236 g/mol. The Morgan fingerprint density at radius 2 is 1.94 bits per heavy atom. The second-order valence-electron chi connectivity index (χ2n) is 3.70. The minimum Gasteiger partial charge on any atom is -0.508 e. The van der Waals surface area contributed by atoms with Gasteiger partial charge in [0, 0.05) is 17.3 Å². The van der Waals surface area contributed by atoms with Gasteiger partial charge in [-0.15, -0.1) is 0 Å². The lowest BCUT2D eigenvalue weighted by molar-refractivity contribution is -0.136. The molecule has 0 aliphatic heterocycles. The topological polar surface area (TPSA) is 103 Å². The Morgan fingerprint density at radius 3 is 2.50 bits per heavy atom. The molecule has 0 radical (unpaired) electrons. The number of aromatic nitrogens is 2. The molecule has 6 nitrogen and oxygen atoms in total. The van der Waals surface area contributed by atoms with Gasteiger partial charge in [0.1, 0.15) is 11.6 Å². The first-order valence-corrected chi connectivity index (χ1v) is 5.15. The van der Waals surface area contributed by atoms with E-state index in [1.807, 2.05) is 0 Å². The Hall–Kier alpha value is -2.63. The second-order valence-corrected chi connectivity index (χ2v) is 3.70. The Kier molecular flexibility index (Phi) is 3.09. The van der Waals surface area contributed by atoms with Crippen molar-refractivity contribution in [2.45, 2.75) is 6.42 Å². The Labute approximate surface area is 102 Å². The van der Waals surface area contributed by atoms with Gasteiger partial charge < -0.3 is 15.2 Å². The monoisotopic (exact) mass is 246 g/mol. The molecule has 2 rings (SSSR count). The summed E-state index contributed by atoms with van der Waals surface area (Å²) in [6.45, 7) is 0. The first kappa shape index (κ1) is 11.8. The first-order chi connectivity index (χ1) is 8.56. The standard InChI is InChI=1S/C12H10N2O4/c15-9-3-1-7(2-4-9)11-13-6-8(5-10(16)17)12(18)14-11/h1-4,6,15H,5H2,(H,16,17)(H,13,14,18). The van der Waals surface area contributed by atoms with Crippen LogP contribution in [0.1, 0.15) is 5.56 Å². The van der Waals surface area contributed by atoms with E-state index in [1.165, 1.54) is 18.3 Å². The molecular formula is C12H10N2O4. The van der Waals surface area contributed by atoms with E-state index in [0.29, 0.717) is 11.4 Å². The summed E-state index contributed by atoms with van der Waals surface area (Å²) in [4.78, 5) is 28.6. The van der Waals surface area contributed by atoms with Crippen LogP contribution in [-0.2, 0) is 11.2 Å². The van der Waals surface area contributed by atoms with Gasteiger partial charge in [-0.2, -0.15) is 0 Å². The molecule has 0 atom stereocenters. The van der Waals surface area contributed by atoms with Crippen molar-refractivity contribution in [2.24, 2.45) is 0 Å². The summed E-state index contributed by atoms with van der Waals surface area (Å²) in [6.07, 6.45) is 0.882. The smallest absolute Gasteiger partial charge is 0.308 e. The van der Waals surface area contributed by atoms with Crippen LogP contribution in [0.25, 0.3) is 11.4 Å². The van der Waals surface area contributed by atoms with E-state index in [4.69, 9.17) is 10.2 Å². The average molecular weight is 246 g/mol. The molecule has 0 aliphatic rings. The van der Waals surface area contributed by atoms with Crippen molar-refractivity contribution in [2.75, 3.05) is 0 Å². The van der Waals surface area contributed by atoms with Crippen LogP contribution in [-0.4, -0.2) is 26.2 Å². The molecule has 18 heavy (non-hydrogen) atoms. The second kappa shape index (κ2) is 4.70. The number of aliphatic carboxylic acids is 1. The van der Waals surface area contributed by atoms with Crippen LogP contribution in [0.5, 0.6) is 5.75 Å². The predicted octanol–water partition coefficient (Wildman–Crippen LogP) is 0.770. The van der Waals surface area contributed by atoms with Crippen molar-refractivity contribution in [3.63, 3.8) is 0 Å². The quantitative estimate of drug-likeness (QED) is 0.742. The van der Waals surface area contributed by atoms with E-state index in [9.17, 15) is 9.59 Å². The van der Waals surface area contributed by atoms with Gasteiger partial charge in [-0.05, 0) is 24.3 Å². The fourth-order valence-electron chi connectivity index (χ4n) is 1.48. The minimum absolute atomic E-state index is 0.102. The van der Waals surface area contributed by atoms with Crippen molar-refractivity contribution >= 4 is 5.97 Å². The molecule has 0 unspecified atom stereocenters. The molecule has 3 N–H and O–H groups in total. The van der Waals surface area contributed by atoms with Crippen LogP contribution in [0.2, 0.25) is 0 Å². The largest absolute Gasteiger partial charge is 0.508 e. The summed E-state index contributed by atoms with van der Waals surface area (Å²) in [5.41, 5.74) is 0.257. The van der Waals surface area contributed by atoms with Crippen LogP contribution in [0, 0.1) is 0 Å². The van der Waals surface area contributed by atoms with Crippen LogP contribution < -0.4 is 5.56 Å². The number of carboxylic acids is 1.